The van der Waals surface area contributed by atoms with Gasteiger partial charge in [0.2, 0.25) is 0 Å². The Balaban J connectivity index is 1.86. The molecule has 1 aliphatic rings. The average molecular weight is 336 g/mol. The van der Waals surface area contributed by atoms with Gasteiger partial charge in [-0.05, 0) is 12.1 Å². The number of hydrogen-bond acceptors (Lipinski definition) is 5. The Bertz CT molecular complexity index is 749. The van der Waals surface area contributed by atoms with Crippen molar-refractivity contribution in [3.05, 3.63) is 41.2 Å². The van der Waals surface area contributed by atoms with E-state index in [0.717, 1.165) is 11.3 Å². The van der Waals surface area contributed by atoms with Crippen molar-refractivity contribution in [2.24, 2.45) is 0 Å². The van der Waals surface area contributed by atoms with Gasteiger partial charge in [0.1, 0.15) is 15.7 Å². The number of ether oxygens (including phenoxy) is 1. The second-order valence-electron chi connectivity index (χ2n) is 4.94. The molecular weight excluding hydrogens is 323 g/mol. The van der Waals surface area contributed by atoms with Gasteiger partial charge in [0.05, 0.1) is 19.4 Å². The van der Waals surface area contributed by atoms with Gasteiger partial charge in [0.25, 0.3) is 5.91 Å². The molecule has 1 aromatic heterocycles. The number of carbonyl (C=O) groups is 2. The van der Waals surface area contributed by atoms with Crippen LogP contribution in [0.3, 0.4) is 0 Å². The van der Waals surface area contributed by atoms with Crippen molar-refractivity contribution in [1.29, 1.82) is 0 Å². The predicted molar refractivity (Wildman–Crippen MR) is 80.8 cm³/mol. The van der Waals surface area contributed by atoms with Crippen molar-refractivity contribution < 1.29 is 23.8 Å². The van der Waals surface area contributed by atoms with Crippen LogP contribution in [0.2, 0.25) is 0 Å². The van der Waals surface area contributed by atoms with Gasteiger partial charge >= 0.3 is 5.97 Å². The number of carbonyl (C=O) groups excluding carboxylic acids is 1. The van der Waals surface area contributed by atoms with Crippen LogP contribution >= 0.6 is 11.3 Å². The van der Waals surface area contributed by atoms with Crippen LogP contribution in [-0.4, -0.2) is 52.7 Å². The fourth-order valence-corrected chi connectivity index (χ4v) is 3.22. The molecule has 0 saturated carbocycles. The Hall–Kier alpha value is -2.32. The van der Waals surface area contributed by atoms with Gasteiger partial charge < -0.3 is 14.7 Å². The summed E-state index contributed by atoms with van der Waals surface area (Å²) in [7, 11) is 0. The summed E-state index contributed by atoms with van der Waals surface area (Å²) in [6, 6.07) is 5.14. The first-order valence-corrected chi connectivity index (χ1v) is 7.72. The molecule has 0 bridgehead atoms. The molecule has 1 N–H and O–H groups in total. The molecule has 120 valence electrons. The molecular formula is C15H13FN2O4S. The summed E-state index contributed by atoms with van der Waals surface area (Å²) < 4.78 is 18.9. The molecule has 1 saturated heterocycles. The first-order chi connectivity index (χ1) is 11.1. The Labute approximate surface area is 135 Å². The largest absolute Gasteiger partial charge is 0.480 e. The normalized spacial score (nSPS) is 18.0. The summed E-state index contributed by atoms with van der Waals surface area (Å²) in [4.78, 5) is 29.4. The SMILES string of the molecule is O=C(O)[C@H]1COCCN1C(=O)c1cnc(-c2ccccc2F)s1. The third kappa shape index (κ3) is 3.08. The number of benzene rings is 1. The van der Waals surface area contributed by atoms with Crippen molar-refractivity contribution in [2.75, 3.05) is 19.8 Å². The quantitative estimate of drug-likeness (QED) is 0.926. The molecule has 2 heterocycles. The number of rotatable bonds is 3. The number of thiazole rings is 1. The zero-order valence-corrected chi connectivity index (χ0v) is 12.8. The first-order valence-electron chi connectivity index (χ1n) is 6.90. The van der Waals surface area contributed by atoms with E-state index in [9.17, 15) is 19.1 Å². The lowest BCUT2D eigenvalue weighted by Gasteiger charge is -2.32. The number of aromatic nitrogens is 1. The minimum Gasteiger partial charge on any atom is -0.480 e. The lowest BCUT2D eigenvalue weighted by Crippen LogP contribution is -2.52. The molecule has 6 nitrogen and oxygen atoms in total. The van der Waals surface area contributed by atoms with Gasteiger partial charge in [-0.1, -0.05) is 12.1 Å². The van der Waals surface area contributed by atoms with Crippen LogP contribution in [0.1, 0.15) is 9.67 Å². The second-order valence-corrected chi connectivity index (χ2v) is 5.97. The van der Waals surface area contributed by atoms with Crippen LogP contribution in [0.25, 0.3) is 10.6 Å². The zero-order valence-electron chi connectivity index (χ0n) is 11.9. The van der Waals surface area contributed by atoms with Crippen molar-refractivity contribution in [2.45, 2.75) is 6.04 Å². The van der Waals surface area contributed by atoms with E-state index < -0.39 is 23.7 Å². The summed E-state index contributed by atoms with van der Waals surface area (Å²) in [5, 5.41) is 9.57. The van der Waals surface area contributed by atoms with E-state index in [1.807, 2.05) is 0 Å². The van der Waals surface area contributed by atoms with Gasteiger partial charge in [0.15, 0.2) is 6.04 Å². The highest BCUT2D eigenvalue weighted by atomic mass is 32.1. The van der Waals surface area contributed by atoms with Gasteiger partial charge in [-0.3, -0.25) is 4.79 Å². The number of carboxylic acid groups (broad SMARTS) is 1. The van der Waals surface area contributed by atoms with Gasteiger partial charge in [-0.25, -0.2) is 14.2 Å². The highest BCUT2D eigenvalue weighted by molar-refractivity contribution is 7.16. The average Bonchev–Trinajstić information content (AvgIpc) is 3.04. The molecule has 1 aliphatic heterocycles. The molecule has 0 unspecified atom stereocenters. The third-order valence-electron chi connectivity index (χ3n) is 3.50. The first kappa shape index (κ1) is 15.6. The van der Waals surface area contributed by atoms with E-state index >= 15 is 0 Å². The van der Waals surface area contributed by atoms with Crippen molar-refractivity contribution >= 4 is 23.2 Å². The zero-order chi connectivity index (χ0) is 16.4. The smallest absolute Gasteiger partial charge is 0.328 e. The van der Waals surface area contributed by atoms with E-state index in [-0.39, 0.29) is 24.6 Å². The predicted octanol–water partition coefficient (Wildman–Crippen LogP) is 1.87. The maximum absolute atomic E-state index is 13.8. The minimum absolute atomic E-state index is 0.0416. The Morgan fingerprint density at radius 1 is 1.39 bits per heavy atom. The van der Waals surface area contributed by atoms with Crippen molar-refractivity contribution in [3.63, 3.8) is 0 Å². The van der Waals surface area contributed by atoms with E-state index in [2.05, 4.69) is 4.98 Å². The summed E-state index contributed by atoms with van der Waals surface area (Å²) in [6.07, 6.45) is 1.35. The molecule has 3 rings (SSSR count). The van der Waals surface area contributed by atoms with Crippen LogP contribution in [0, 0.1) is 5.82 Å². The maximum atomic E-state index is 13.8. The van der Waals surface area contributed by atoms with E-state index in [0.29, 0.717) is 10.6 Å². The molecule has 8 heteroatoms. The summed E-state index contributed by atoms with van der Waals surface area (Å²) in [6.45, 7) is 0.442. The van der Waals surface area contributed by atoms with Crippen LogP contribution in [-0.2, 0) is 9.53 Å². The van der Waals surface area contributed by atoms with Gasteiger partial charge in [-0.2, -0.15) is 0 Å². The summed E-state index contributed by atoms with van der Waals surface area (Å²) >= 11 is 1.04. The second kappa shape index (κ2) is 6.43. The lowest BCUT2D eigenvalue weighted by atomic mass is 10.2. The molecule has 1 amide bonds. The fraction of sp³-hybridized carbons (Fsp3) is 0.267. The highest BCUT2D eigenvalue weighted by Gasteiger charge is 2.34. The molecule has 2 aromatic rings. The van der Waals surface area contributed by atoms with E-state index in [1.54, 1.807) is 18.2 Å². The fourth-order valence-electron chi connectivity index (χ4n) is 2.33. The number of hydrogen-bond donors (Lipinski definition) is 1. The van der Waals surface area contributed by atoms with Crippen molar-refractivity contribution in [1.82, 2.24) is 9.88 Å². The monoisotopic (exact) mass is 336 g/mol. The molecule has 1 atom stereocenters. The van der Waals surface area contributed by atoms with Crippen LogP contribution in [0.15, 0.2) is 30.5 Å². The molecule has 0 radical (unpaired) electrons. The van der Waals surface area contributed by atoms with Crippen LogP contribution in [0.5, 0.6) is 0 Å². The summed E-state index contributed by atoms with van der Waals surface area (Å²) in [5.74, 6) is -1.96. The molecule has 23 heavy (non-hydrogen) atoms. The molecule has 1 aromatic carbocycles. The Morgan fingerprint density at radius 2 is 2.17 bits per heavy atom. The number of carboxylic acids is 1. The molecule has 0 aliphatic carbocycles. The standard InChI is InChI=1S/C15H13FN2O4S/c16-10-4-2-1-3-9(10)13-17-7-12(23-13)14(19)18-5-6-22-8-11(18)15(20)21/h1-4,7,11H,5-6,8H2,(H,20,21)/t11-/m1/s1. The van der Waals surface area contributed by atoms with Gasteiger partial charge in [-0.15, -0.1) is 11.3 Å². The molecule has 0 spiro atoms. The number of morpholine rings is 1. The van der Waals surface area contributed by atoms with E-state index in [1.165, 1.54) is 17.2 Å². The number of nitrogens with zero attached hydrogens (tertiary/aromatic N) is 2. The maximum Gasteiger partial charge on any atom is 0.328 e. The van der Waals surface area contributed by atoms with Crippen LogP contribution < -0.4 is 0 Å². The Morgan fingerprint density at radius 3 is 2.91 bits per heavy atom. The van der Waals surface area contributed by atoms with Gasteiger partial charge in [0, 0.05) is 12.1 Å². The minimum atomic E-state index is -1.11. The lowest BCUT2D eigenvalue weighted by molar-refractivity contribution is -0.147. The Kier molecular flexibility index (Phi) is 4.35. The number of amides is 1. The number of aliphatic carboxylic acids is 1. The highest BCUT2D eigenvalue weighted by Crippen LogP contribution is 2.28. The van der Waals surface area contributed by atoms with E-state index in [4.69, 9.17) is 4.74 Å². The molecule has 1 fully saturated rings. The summed E-state index contributed by atoms with van der Waals surface area (Å²) in [5.41, 5.74) is 0.313. The number of halogens is 1. The van der Waals surface area contributed by atoms with Crippen molar-refractivity contribution in [3.8, 4) is 10.6 Å². The van der Waals surface area contributed by atoms with Crippen LogP contribution in [0.4, 0.5) is 4.39 Å². The topological polar surface area (TPSA) is 79.7 Å². The third-order valence-corrected chi connectivity index (χ3v) is 4.51.